The topological polar surface area (TPSA) is 55.1 Å². The van der Waals surface area contributed by atoms with Crippen molar-refractivity contribution in [3.05, 3.63) is 54.3 Å². The van der Waals surface area contributed by atoms with Crippen LogP contribution in [-0.2, 0) is 4.79 Å². The summed E-state index contributed by atoms with van der Waals surface area (Å²) in [5.74, 6) is -0.212. The number of thioether (sulfide) groups is 1. The Labute approximate surface area is 115 Å². The van der Waals surface area contributed by atoms with E-state index < -0.39 is 0 Å². The number of rotatable bonds is 4. The third-order valence-electron chi connectivity index (χ3n) is 2.36. The Bertz CT molecular complexity index is 572. The fraction of sp³-hybridized carbons (Fsp3) is 0.0714. The summed E-state index contributed by atoms with van der Waals surface area (Å²) in [6.07, 6.45) is 0. The van der Waals surface area contributed by atoms with Crippen molar-refractivity contribution >= 4 is 29.0 Å². The van der Waals surface area contributed by atoms with Crippen molar-refractivity contribution in [2.45, 2.75) is 4.90 Å². The van der Waals surface area contributed by atoms with Crippen LogP contribution >= 0.6 is 11.8 Å². The molecule has 3 N–H and O–H groups in total. The van der Waals surface area contributed by atoms with Gasteiger partial charge in [-0.3, -0.25) is 4.79 Å². The van der Waals surface area contributed by atoms with Crippen LogP contribution in [0.15, 0.2) is 53.4 Å². The highest BCUT2D eigenvalue weighted by Gasteiger charge is 2.04. The first-order chi connectivity index (χ1) is 9.13. The molecule has 0 heterocycles. The first kappa shape index (κ1) is 13.4. The molecular formula is C14H13FN2OS. The van der Waals surface area contributed by atoms with E-state index in [2.05, 4.69) is 5.32 Å². The van der Waals surface area contributed by atoms with Crippen LogP contribution in [0.5, 0.6) is 0 Å². The minimum absolute atomic E-state index is 0.140. The number of hydrogen-bond acceptors (Lipinski definition) is 3. The van der Waals surface area contributed by atoms with E-state index in [4.69, 9.17) is 5.73 Å². The van der Waals surface area contributed by atoms with Crippen molar-refractivity contribution in [2.75, 3.05) is 16.8 Å². The normalized spacial score (nSPS) is 10.2. The highest BCUT2D eigenvalue weighted by atomic mass is 32.2. The van der Waals surface area contributed by atoms with Gasteiger partial charge in [0.05, 0.1) is 5.75 Å². The highest BCUT2D eigenvalue weighted by molar-refractivity contribution is 8.00. The lowest BCUT2D eigenvalue weighted by Gasteiger charge is -2.05. The molecule has 2 aromatic rings. The summed E-state index contributed by atoms with van der Waals surface area (Å²) in [5.41, 5.74) is 6.89. The molecule has 0 spiro atoms. The summed E-state index contributed by atoms with van der Waals surface area (Å²) in [6.45, 7) is 0. The quantitative estimate of drug-likeness (QED) is 0.666. The predicted molar refractivity (Wildman–Crippen MR) is 76.6 cm³/mol. The Morgan fingerprint density at radius 2 is 1.95 bits per heavy atom. The molecule has 2 rings (SSSR count). The van der Waals surface area contributed by atoms with Gasteiger partial charge in [-0.15, -0.1) is 11.8 Å². The van der Waals surface area contributed by atoms with Crippen molar-refractivity contribution in [1.29, 1.82) is 0 Å². The number of anilines is 2. The molecule has 2 aromatic carbocycles. The van der Waals surface area contributed by atoms with E-state index >= 15 is 0 Å². The van der Waals surface area contributed by atoms with Crippen molar-refractivity contribution in [1.82, 2.24) is 0 Å². The lowest BCUT2D eigenvalue weighted by molar-refractivity contribution is -0.113. The molecule has 0 radical (unpaired) electrons. The van der Waals surface area contributed by atoms with E-state index in [1.54, 1.807) is 36.4 Å². The maximum absolute atomic E-state index is 13.0. The number of halogens is 1. The second-order valence-corrected chi connectivity index (χ2v) is 4.96. The maximum Gasteiger partial charge on any atom is 0.234 e. The molecule has 0 saturated carbocycles. The SMILES string of the molecule is Nc1ccc(NC(=O)CSc2cccc(F)c2)cc1. The molecule has 0 fully saturated rings. The van der Waals surface area contributed by atoms with Crippen LogP contribution in [-0.4, -0.2) is 11.7 Å². The Morgan fingerprint density at radius 3 is 2.63 bits per heavy atom. The summed E-state index contributed by atoms with van der Waals surface area (Å²) in [4.78, 5) is 12.4. The van der Waals surface area contributed by atoms with Gasteiger partial charge in [-0.2, -0.15) is 0 Å². The van der Waals surface area contributed by atoms with Gasteiger partial charge in [0.1, 0.15) is 5.82 Å². The highest BCUT2D eigenvalue weighted by Crippen LogP contribution is 2.19. The summed E-state index contributed by atoms with van der Waals surface area (Å²) in [6, 6.07) is 13.1. The largest absolute Gasteiger partial charge is 0.399 e. The fourth-order valence-electron chi connectivity index (χ4n) is 1.47. The summed E-state index contributed by atoms with van der Waals surface area (Å²) >= 11 is 1.29. The molecule has 0 bridgehead atoms. The standard InChI is InChI=1S/C14H13FN2OS/c15-10-2-1-3-13(8-10)19-9-14(18)17-12-6-4-11(16)5-7-12/h1-8H,9,16H2,(H,17,18). The maximum atomic E-state index is 13.0. The number of amides is 1. The van der Waals surface area contributed by atoms with Crippen LogP contribution < -0.4 is 11.1 Å². The van der Waals surface area contributed by atoms with Gasteiger partial charge in [-0.05, 0) is 42.5 Å². The molecule has 0 aliphatic carbocycles. The lowest BCUT2D eigenvalue weighted by atomic mass is 10.3. The van der Waals surface area contributed by atoms with Crippen LogP contribution in [0.2, 0.25) is 0 Å². The molecule has 0 aliphatic rings. The van der Waals surface area contributed by atoms with Crippen molar-refractivity contribution in [3.63, 3.8) is 0 Å². The zero-order valence-electron chi connectivity index (χ0n) is 10.1. The number of nitrogen functional groups attached to an aromatic ring is 1. The minimum Gasteiger partial charge on any atom is -0.399 e. The Balaban J connectivity index is 1.86. The number of hydrogen-bond donors (Lipinski definition) is 2. The minimum atomic E-state index is -0.302. The van der Waals surface area contributed by atoms with Crippen molar-refractivity contribution < 1.29 is 9.18 Å². The Hall–Kier alpha value is -2.01. The fourth-order valence-corrected chi connectivity index (χ4v) is 2.21. The van der Waals surface area contributed by atoms with E-state index in [0.717, 1.165) is 4.90 Å². The monoisotopic (exact) mass is 276 g/mol. The molecule has 0 unspecified atom stereocenters. The van der Waals surface area contributed by atoms with Crippen LogP contribution in [0, 0.1) is 5.82 Å². The third-order valence-corrected chi connectivity index (χ3v) is 3.35. The number of carbonyl (C=O) groups excluding carboxylic acids is 1. The average Bonchev–Trinajstić information content (AvgIpc) is 2.39. The van der Waals surface area contributed by atoms with Gasteiger partial charge in [-0.25, -0.2) is 4.39 Å². The van der Waals surface area contributed by atoms with Gasteiger partial charge >= 0.3 is 0 Å². The molecular weight excluding hydrogens is 263 g/mol. The molecule has 0 aliphatic heterocycles. The van der Waals surface area contributed by atoms with E-state index in [9.17, 15) is 9.18 Å². The van der Waals surface area contributed by atoms with Crippen LogP contribution in [0.25, 0.3) is 0 Å². The Kier molecular flexibility index (Phi) is 4.41. The first-order valence-electron chi connectivity index (χ1n) is 5.67. The van der Waals surface area contributed by atoms with Gasteiger partial charge in [0.15, 0.2) is 0 Å². The molecule has 0 atom stereocenters. The summed E-state index contributed by atoms with van der Waals surface area (Å²) < 4.78 is 13.0. The lowest BCUT2D eigenvalue weighted by Crippen LogP contribution is -2.13. The second-order valence-electron chi connectivity index (χ2n) is 3.92. The number of nitrogens with one attached hydrogen (secondary N) is 1. The first-order valence-corrected chi connectivity index (χ1v) is 6.66. The molecule has 98 valence electrons. The van der Waals surface area contributed by atoms with Crippen molar-refractivity contribution in [2.24, 2.45) is 0 Å². The summed E-state index contributed by atoms with van der Waals surface area (Å²) in [5, 5.41) is 2.74. The third kappa shape index (κ3) is 4.30. The molecule has 5 heteroatoms. The van der Waals surface area contributed by atoms with Gasteiger partial charge in [-0.1, -0.05) is 6.07 Å². The van der Waals surface area contributed by atoms with Crippen LogP contribution in [0.3, 0.4) is 0 Å². The second kappa shape index (κ2) is 6.24. The summed E-state index contributed by atoms with van der Waals surface area (Å²) in [7, 11) is 0. The average molecular weight is 276 g/mol. The Morgan fingerprint density at radius 1 is 1.21 bits per heavy atom. The number of benzene rings is 2. The van der Waals surface area contributed by atoms with E-state index in [0.29, 0.717) is 11.4 Å². The van der Waals surface area contributed by atoms with Crippen LogP contribution in [0.1, 0.15) is 0 Å². The molecule has 1 amide bonds. The molecule has 0 aromatic heterocycles. The number of carbonyl (C=O) groups is 1. The van der Waals surface area contributed by atoms with Gasteiger partial charge in [0, 0.05) is 16.3 Å². The zero-order valence-corrected chi connectivity index (χ0v) is 10.9. The van der Waals surface area contributed by atoms with E-state index in [1.807, 2.05) is 0 Å². The van der Waals surface area contributed by atoms with Crippen molar-refractivity contribution in [3.8, 4) is 0 Å². The van der Waals surface area contributed by atoms with E-state index in [-0.39, 0.29) is 17.5 Å². The van der Waals surface area contributed by atoms with Gasteiger partial charge in [0.2, 0.25) is 5.91 Å². The predicted octanol–water partition coefficient (Wildman–Crippen LogP) is 3.14. The molecule has 19 heavy (non-hydrogen) atoms. The van der Waals surface area contributed by atoms with Gasteiger partial charge < -0.3 is 11.1 Å². The van der Waals surface area contributed by atoms with Crippen LogP contribution in [0.4, 0.5) is 15.8 Å². The zero-order chi connectivity index (χ0) is 13.7. The molecule has 3 nitrogen and oxygen atoms in total. The molecule has 0 saturated heterocycles. The number of nitrogens with two attached hydrogens (primary N) is 1. The van der Waals surface area contributed by atoms with Gasteiger partial charge in [0.25, 0.3) is 0 Å². The van der Waals surface area contributed by atoms with E-state index in [1.165, 1.54) is 23.9 Å². The smallest absolute Gasteiger partial charge is 0.234 e.